The molecule has 1 aromatic carbocycles. The van der Waals surface area contributed by atoms with Crippen LogP contribution < -0.4 is 20.7 Å². The zero-order chi connectivity index (χ0) is 26.1. The summed E-state index contributed by atoms with van der Waals surface area (Å²) in [5.74, 6) is -9.71. The number of carbonyl (C=O) groups excluding carboxylic acids is 3. The molecule has 34 heavy (non-hydrogen) atoms. The average Bonchev–Trinajstić information content (AvgIpc) is 2.81. The highest BCUT2D eigenvalue weighted by Crippen LogP contribution is 2.37. The molecule has 0 aromatic heterocycles. The van der Waals surface area contributed by atoms with Gasteiger partial charge in [-0.15, -0.1) is 0 Å². The second-order valence-electron chi connectivity index (χ2n) is 7.04. The fourth-order valence-corrected chi connectivity index (χ4v) is 2.73. The lowest BCUT2D eigenvalue weighted by Crippen LogP contribution is -2.57. The molecule has 1 aliphatic rings. The third kappa shape index (κ3) is 6.03. The molecule has 8 nitrogen and oxygen atoms in total. The lowest BCUT2D eigenvalue weighted by atomic mass is 10.1. The summed E-state index contributed by atoms with van der Waals surface area (Å²) in [4.78, 5) is 36.8. The van der Waals surface area contributed by atoms with Crippen LogP contribution in [0.5, 0.6) is 5.75 Å². The molecule has 1 unspecified atom stereocenters. The zero-order valence-electron chi connectivity index (χ0n) is 17.2. The van der Waals surface area contributed by atoms with Crippen LogP contribution in [0.4, 0.5) is 40.8 Å². The van der Waals surface area contributed by atoms with E-state index in [1.807, 2.05) is 5.32 Å². The van der Waals surface area contributed by atoms with Crippen LogP contribution in [-0.2, 0) is 25.3 Å². The SMILES string of the molecule is COC(C(=O)NCC(F)(F)C(F)(F)F)C(=O)N[C@@H]1C(=O)Nc2ccc(C(F)(F)F)cc2O[C@@H]1C. The number of alkyl halides is 8. The van der Waals surface area contributed by atoms with E-state index in [1.54, 1.807) is 0 Å². The number of rotatable bonds is 6. The second-order valence-corrected chi connectivity index (χ2v) is 7.04. The van der Waals surface area contributed by atoms with Crippen molar-refractivity contribution in [3.8, 4) is 5.75 Å². The van der Waals surface area contributed by atoms with E-state index in [4.69, 9.17) is 4.74 Å². The summed E-state index contributed by atoms with van der Waals surface area (Å²) >= 11 is 0. The van der Waals surface area contributed by atoms with Crippen molar-refractivity contribution in [2.75, 3.05) is 19.0 Å². The normalized spacial score (nSPS) is 19.8. The van der Waals surface area contributed by atoms with Gasteiger partial charge >= 0.3 is 18.3 Å². The number of nitrogens with one attached hydrogen (secondary N) is 3. The van der Waals surface area contributed by atoms with Gasteiger partial charge in [0.2, 0.25) is 6.10 Å². The molecule has 3 amide bonds. The lowest BCUT2D eigenvalue weighted by Gasteiger charge is -2.24. The largest absolute Gasteiger partial charge is 0.486 e. The maximum Gasteiger partial charge on any atom is 0.455 e. The molecular weight excluding hydrogens is 490 g/mol. The molecule has 0 saturated heterocycles. The molecule has 2 rings (SSSR count). The quantitative estimate of drug-likeness (QED) is 0.405. The molecular formula is C18H17F8N3O5. The van der Waals surface area contributed by atoms with Crippen LogP contribution in [0.25, 0.3) is 0 Å². The van der Waals surface area contributed by atoms with Crippen molar-refractivity contribution in [1.29, 1.82) is 0 Å². The summed E-state index contributed by atoms with van der Waals surface area (Å²) in [5, 5.41) is 5.46. The molecule has 0 fully saturated rings. The highest BCUT2D eigenvalue weighted by Gasteiger charge is 2.57. The molecule has 1 aromatic rings. The van der Waals surface area contributed by atoms with Crippen LogP contribution in [0.2, 0.25) is 0 Å². The van der Waals surface area contributed by atoms with Crippen molar-refractivity contribution >= 4 is 23.4 Å². The third-order valence-corrected chi connectivity index (χ3v) is 4.54. The Labute approximate surface area is 185 Å². The molecule has 3 atom stereocenters. The fraction of sp³-hybridized carbons (Fsp3) is 0.500. The van der Waals surface area contributed by atoms with Crippen LogP contribution >= 0.6 is 0 Å². The van der Waals surface area contributed by atoms with Gasteiger partial charge in [-0.2, -0.15) is 35.1 Å². The second kappa shape index (κ2) is 9.60. The van der Waals surface area contributed by atoms with E-state index >= 15 is 0 Å². The number of hydrogen-bond acceptors (Lipinski definition) is 5. The lowest BCUT2D eigenvalue weighted by molar-refractivity contribution is -0.278. The molecule has 0 aliphatic carbocycles. The Morgan fingerprint density at radius 3 is 2.26 bits per heavy atom. The minimum atomic E-state index is -5.96. The zero-order valence-corrected chi connectivity index (χ0v) is 17.2. The fourth-order valence-electron chi connectivity index (χ4n) is 2.73. The van der Waals surface area contributed by atoms with Gasteiger partial charge in [-0.05, 0) is 25.1 Å². The van der Waals surface area contributed by atoms with Gasteiger partial charge in [0, 0.05) is 7.11 Å². The first-order valence-electron chi connectivity index (χ1n) is 9.22. The first-order chi connectivity index (χ1) is 15.5. The van der Waals surface area contributed by atoms with Crippen LogP contribution in [0.1, 0.15) is 12.5 Å². The van der Waals surface area contributed by atoms with Gasteiger partial charge in [0.15, 0.2) is 0 Å². The van der Waals surface area contributed by atoms with Crippen LogP contribution in [0.3, 0.4) is 0 Å². The number of methoxy groups -OCH3 is 1. The van der Waals surface area contributed by atoms with E-state index < -0.39 is 66.4 Å². The van der Waals surface area contributed by atoms with Gasteiger partial charge in [-0.3, -0.25) is 14.4 Å². The number of amides is 3. The first kappa shape index (κ1) is 27.1. The van der Waals surface area contributed by atoms with Crippen LogP contribution in [0.15, 0.2) is 18.2 Å². The Balaban J connectivity index is 2.13. The number of fused-ring (bicyclic) bond motifs is 1. The number of ether oxygens (including phenoxy) is 2. The molecule has 1 heterocycles. The maximum absolute atomic E-state index is 13.0. The van der Waals surface area contributed by atoms with Crippen molar-refractivity contribution in [3.05, 3.63) is 23.8 Å². The van der Waals surface area contributed by atoms with Crippen LogP contribution in [0, 0.1) is 0 Å². The molecule has 190 valence electrons. The van der Waals surface area contributed by atoms with E-state index in [0.29, 0.717) is 12.1 Å². The molecule has 1 aliphatic heterocycles. The van der Waals surface area contributed by atoms with E-state index in [-0.39, 0.29) is 11.4 Å². The molecule has 16 heteroatoms. The van der Waals surface area contributed by atoms with Gasteiger partial charge < -0.3 is 25.4 Å². The van der Waals surface area contributed by atoms with Gasteiger partial charge in [-0.25, -0.2) is 0 Å². The van der Waals surface area contributed by atoms with Crippen LogP contribution in [-0.4, -0.2) is 61.7 Å². The third-order valence-electron chi connectivity index (χ3n) is 4.54. The van der Waals surface area contributed by atoms with Crippen molar-refractivity contribution < 1.29 is 59.0 Å². The molecule has 0 radical (unpaired) electrons. The van der Waals surface area contributed by atoms with Gasteiger partial charge in [0.1, 0.15) is 17.9 Å². The van der Waals surface area contributed by atoms with E-state index in [2.05, 4.69) is 10.1 Å². The monoisotopic (exact) mass is 507 g/mol. The summed E-state index contributed by atoms with van der Waals surface area (Å²) in [7, 11) is 0.771. The summed E-state index contributed by atoms with van der Waals surface area (Å²) in [6.45, 7) is -0.978. The van der Waals surface area contributed by atoms with Crippen molar-refractivity contribution in [3.63, 3.8) is 0 Å². The predicted octanol–water partition coefficient (Wildman–Crippen LogP) is 2.24. The molecule has 0 saturated carbocycles. The smallest absolute Gasteiger partial charge is 0.455 e. The van der Waals surface area contributed by atoms with E-state index in [0.717, 1.165) is 13.2 Å². The first-order valence-corrected chi connectivity index (χ1v) is 9.22. The average molecular weight is 507 g/mol. The number of hydrogen-bond donors (Lipinski definition) is 3. The van der Waals surface area contributed by atoms with Crippen molar-refractivity contribution in [2.45, 2.75) is 43.4 Å². The Bertz CT molecular complexity index is 950. The Kier molecular flexibility index (Phi) is 7.64. The standard InChI is InChI=1S/C18H17F8N3O5/c1-7-11(13(30)28-9-4-3-8(17(21,22)23)5-10(9)34-7)29-15(32)12(33-2)14(31)27-6-16(19,20)18(24,25)26/h3-5,7,11-12H,6H2,1-2H3,(H,27,31)(H,28,30)(H,29,32)/t7-,11+,12?/m1/s1. The summed E-state index contributed by atoms with van der Waals surface area (Å²) in [5.41, 5.74) is -1.24. The van der Waals surface area contributed by atoms with Crippen molar-refractivity contribution in [2.24, 2.45) is 0 Å². The highest BCUT2D eigenvalue weighted by atomic mass is 19.4. The highest BCUT2D eigenvalue weighted by molar-refractivity contribution is 6.06. The van der Waals surface area contributed by atoms with Gasteiger partial charge in [-0.1, -0.05) is 0 Å². The summed E-state index contributed by atoms with van der Waals surface area (Å²) in [6, 6.07) is 0.590. The van der Waals surface area contributed by atoms with Gasteiger partial charge in [0.25, 0.3) is 17.7 Å². The molecule has 0 spiro atoms. The maximum atomic E-state index is 13.0. The minimum Gasteiger partial charge on any atom is -0.486 e. The Hall–Kier alpha value is -3.17. The minimum absolute atomic E-state index is 0.156. The number of benzene rings is 1. The topological polar surface area (TPSA) is 106 Å². The summed E-state index contributed by atoms with van der Waals surface area (Å²) in [6.07, 6.45) is -14.2. The van der Waals surface area contributed by atoms with Crippen molar-refractivity contribution in [1.82, 2.24) is 10.6 Å². The molecule has 3 N–H and O–H groups in total. The van der Waals surface area contributed by atoms with E-state index in [9.17, 15) is 49.5 Å². The predicted molar refractivity (Wildman–Crippen MR) is 96.9 cm³/mol. The van der Waals surface area contributed by atoms with E-state index in [1.165, 1.54) is 12.2 Å². The molecule has 0 bridgehead atoms. The number of halogens is 8. The van der Waals surface area contributed by atoms with Gasteiger partial charge in [0.05, 0.1) is 17.8 Å². The Morgan fingerprint density at radius 1 is 1.12 bits per heavy atom. The number of carbonyl (C=O) groups is 3. The number of anilines is 1. The summed E-state index contributed by atoms with van der Waals surface area (Å²) < 4.78 is 111. The Morgan fingerprint density at radius 2 is 1.74 bits per heavy atom.